The molecule has 2 aromatic carbocycles. The first-order valence-electron chi connectivity index (χ1n) is 8.04. The first-order chi connectivity index (χ1) is 13.5. The van der Waals surface area contributed by atoms with Gasteiger partial charge < -0.3 is 14.2 Å². The van der Waals surface area contributed by atoms with Crippen molar-refractivity contribution in [1.29, 1.82) is 0 Å². The maximum atomic E-state index is 14.3. The monoisotopic (exact) mass is 399 g/mol. The first kappa shape index (κ1) is 17.9. The lowest BCUT2D eigenvalue weighted by Gasteiger charge is -2.03. The van der Waals surface area contributed by atoms with E-state index in [0.717, 1.165) is 0 Å². The van der Waals surface area contributed by atoms with E-state index in [2.05, 4.69) is 15.3 Å². The van der Waals surface area contributed by atoms with Crippen LogP contribution in [-0.4, -0.2) is 26.4 Å². The van der Waals surface area contributed by atoms with E-state index in [9.17, 15) is 9.18 Å². The summed E-state index contributed by atoms with van der Waals surface area (Å²) in [6.07, 6.45) is 0. The summed E-state index contributed by atoms with van der Waals surface area (Å²) < 4.78 is 24.9. The molecule has 2 aromatic heterocycles. The number of halogens is 2. The van der Waals surface area contributed by atoms with Crippen molar-refractivity contribution in [2.75, 3.05) is 0 Å². The molecule has 0 unspecified atom stereocenters. The third-order valence-electron chi connectivity index (χ3n) is 4.07. The second kappa shape index (κ2) is 6.90. The van der Waals surface area contributed by atoms with Gasteiger partial charge in [0, 0.05) is 5.56 Å². The van der Waals surface area contributed by atoms with Gasteiger partial charge in [-0.2, -0.15) is 4.98 Å². The van der Waals surface area contributed by atoms with E-state index < -0.39 is 11.8 Å². The minimum absolute atomic E-state index is 0.0452. The number of nitrogens with zero attached hydrogens (tertiary/aromatic N) is 3. The Balaban J connectivity index is 1.82. The van der Waals surface area contributed by atoms with Crippen molar-refractivity contribution in [2.45, 2.75) is 6.92 Å². The summed E-state index contributed by atoms with van der Waals surface area (Å²) in [6, 6.07) is 10.4. The van der Waals surface area contributed by atoms with E-state index in [1.165, 1.54) is 30.3 Å². The molecule has 7 nitrogen and oxygen atoms in total. The Hall–Kier alpha value is -3.52. The van der Waals surface area contributed by atoms with E-state index in [1.54, 1.807) is 19.1 Å². The lowest BCUT2D eigenvalue weighted by molar-refractivity contribution is 0.0697. The van der Waals surface area contributed by atoms with Crippen molar-refractivity contribution >= 4 is 17.6 Å². The van der Waals surface area contributed by atoms with Gasteiger partial charge in [-0.1, -0.05) is 40.1 Å². The topological polar surface area (TPSA) is 102 Å². The predicted molar refractivity (Wildman–Crippen MR) is 97.3 cm³/mol. The average molecular weight is 400 g/mol. The molecule has 140 valence electrons. The fourth-order valence-corrected chi connectivity index (χ4v) is 3.00. The molecule has 4 aromatic rings. The number of aryl methyl sites for hydroxylation is 1. The van der Waals surface area contributed by atoms with E-state index >= 15 is 0 Å². The normalized spacial score (nSPS) is 11.0. The zero-order chi connectivity index (χ0) is 19.8. The molecule has 28 heavy (non-hydrogen) atoms. The molecule has 0 amide bonds. The molecule has 0 radical (unpaired) electrons. The smallest absolute Gasteiger partial charge is 0.335 e. The van der Waals surface area contributed by atoms with Crippen LogP contribution in [0.5, 0.6) is 0 Å². The van der Waals surface area contributed by atoms with Crippen LogP contribution in [0.15, 0.2) is 51.5 Å². The predicted octanol–water partition coefficient (Wildman–Crippen LogP) is 4.86. The van der Waals surface area contributed by atoms with E-state index in [-0.39, 0.29) is 33.6 Å². The number of hydrogen-bond acceptors (Lipinski definition) is 6. The van der Waals surface area contributed by atoms with Gasteiger partial charge in [-0.15, -0.1) is 0 Å². The van der Waals surface area contributed by atoms with Crippen LogP contribution in [-0.2, 0) is 0 Å². The lowest BCUT2D eigenvalue weighted by atomic mass is 10.1. The average Bonchev–Trinajstić information content (AvgIpc) is 3.29. The van der Waals surface area contributed by atoms with Crippen LogP contribution < -0.4 is 0 Å². The highest BCUT2D eigenvalue weighted by molar-refractivity contribution is 6.33. The summed E-state index contributed by atoms with van der Waals surface area (Å²) in [5.74, 6) is -1.09. The molecule has 0 aliphatic heterocycles. The van der Waals surface area contributed by atoms with Crippen molar-refractivity contribution in [3.8, 4) is 34.1 Å². The molecule has 0 aliphatic carbocycles. The summed E-state index contributed by atoms with van der Waals surface area (Å²) in [7, 11) is 0. The molecule has 0 aliphatic rings. The van der Waals surface area contributed by atoms with Gasteiger partial charge in [-0.25, -0.2) is 9.18 Å². The summed E-state index contributed by atoms with van der Waals surface area (Å²) in [5, 5.41) is 17.1. The van der Waals surface area contributed by atoms with Crippen LogP contribution in [0, 0.1) is 12.7 Å². The molecule has 0 spiro atoms. The standard InChI is InChI=1S/C19H11ClFN3O4/c1-9-14(16(23-27-9)15-12(20)6-3-7-13(15)21)18-22-17(24-28-18)10-4-2-5-11(8-10)19(25)26/h2-8H,1H3,(H,25,26). The second-order valence-corrected chi connectivity index (χ2v) is 6.28. The number of carboxylic acid groups (broad SMARTS) is 1. The third kappa shape index (κ3) is 3.03. The maximum absolute atomic E-state index is 14.3. The molecule has 2 heterocycles. The van der Waals surface area contributed by atoms with Gasteiger partial charge in [0.05, 0.1) is 16.1 Å². The Morgan fingerprint density at radius 1 is 1.11 bits per heavy atom. The van der Waals surface area contributed by atoms with Crippen molar-refractivity contribution < 1.29 is 23.3 Å². The molecule has 0 saturated carbocycles. The summed E-state index contributed by atoms with van der Waals surface area (Å²) in [6.45, 7) is 1.62. The van der Waals surface area contributed by atoms with Crippen molar-refractivity contribution in [1.82, 2.24) is 15.3 Å². The lowest BCUT2D eigenvalue weighted by Crippen LogP contribution is -1.96. The SMILES string of the molecule is Cc1onc(-c2c(F)cccc2Cl)c1-c1nc(-c2cccc(C(=O)O)c2)no1. The molecule has 0 saturated heterocycles. The summed E-state index contributed by atoms with van der Waals surface area (Å²) >= 11 is 6.14. The molecule has 9 heteroatoms. The Morgan fingerprint density at radius 3 is 2.64 bits per heavy atom. The van der Waals surface area contributed by atoms with Crippen molar-refractivity contribution in [3.63, 3.8) is 0 Å². The zero-order valence-corrected chi connectivity index (χ0v) is 15.1. The van der Waals surface area contributed by atoms with Crippen LogP contribution in [0.1, 0.15) is 16.1 Å². The number of carboxylic acids is 1. The second-order valence-electron chi connectivity index (χ2n) is 5.87. The molecule has 4 rings (SSSR count). The molecular formula is C19H11ClFN3O4. The molecule has 0 atom stereocenters. The van der Waals surface area contributed by atoms with Gasteiger partial charge in [0.2, 0.25) is 5.82 Å². The van der Waals surface area contributed by atoms with E-state index in [1.807, 2.05) is 0 Å². The van der Waals surface area contributed by atoms with Gasteiger partial charge in [0.25, 0.3) is 5.89 Å². The highest BCUT2D eigenvalue weighted by atomic mass is 35.5. The zero-order valence-electron chi connectivity index (χ0n) is 14.3. The maximum Gasteiger partial charge on any atom is 0.335 e. The number of aromatic carboxylic acids is 1. The Morgan fingerprint density at radius 2 is 1.89 bits per heavy atom. The minimum Gasteiger partial charge on any atom is -0.478 e. The Labute approximate surface area is 162 Å². The van der Waals surface area contributed by atoms with Crippen LogP contribution in [0.25, 0.3) is 34.1 Å². The number of benzene rings is 2. The first-order valence-corrected chi connectivity index (χ1v) is 8.42. The number of rotatable bonds is 4. The van der Waals surface area contributed by atoms with Crippen molar-refractivity contribution in [3.05, 3.63) is 64.6 Å². The van der Waals surface area contributed by atoms with Gasteiger partial charge in [0.1, 0.15) is 22.8 Å². The highest BCUT2D eigenvalue weighted by Crippen LogP contribution is 2.38. The summed E-state index contributed by atoms with van der Waals surface area (Å²) in [4.78, 5) is 15.4. The minimum atomic E-state index is -1.07. The fourth-order valence-electron chi connectivity index (χ4n) is 2.75. The van der Waals surface area contributed by atoms with Gasteiger partial charge in [-0.3, -0.25) is 0 Å². The van der Waals surface area contributed by atoms with Crippen molar-refractivity contribution in [2.24, 2.45) is 0 Å². The largest absolute Gasteiger partial charge is 0.478 e. The molecule has 0 bridgehead atoms. The fraction of sp³-hybridized carbons (Fsp3) is 0.0526. The molecule has 1 N–H and O–H groups in total. The molecular weight excluding hydrogens is 389 g/mol. The highest BCUT2D eigenvalue weighted by Gasteiger charge is 2.26. The van der Waals surface area contributed by atoms with Gasteiger partial charge in [0.15, 0.2) is 0 Å². The van der Waals surface area contributed by atoms with Crippen LogP contribution in [0.4, 0.5) is 4.39 Å². The van der Waals surface area contributed by atoms with Crippen LogP contribution in [0.3, 0.4) is 0 Å². The quantitative estimate of drug-likeness (QED) is 0.522. The van der Waals surface area contributed by atoms with E-state index in [4.69, 9.17) is 25.8 Å². The van der Waals surface area contributed by atoms with Crippen LogP contribution in [0.2, 0.25) is 5.02 Å². The molecule has 0 fully saturated rings. The number of aromatic nitrogens is 3. The summed E-state index contributed by atoms with van der Waals surface area (Å²) in [5.41, 5.74) is 1.04. The third-order valence-corrected chi connectivity index (χ3v) is 4.38. The Kier molecular flexibility index (Phi) is 4.40. The number of hydrogen-bond donors (Lipinski definition) is 1. The van der Waals surface area contributed by atoms with Gasteiger partial charge in [-0.05, 0) is 31.2 Å². The van der Waals surface area contributed by atoms with Gasteiger partial charge >= 0.3 is 5.97 Å². The van der Waals surface area contributed by atoms with Crippen LogP contribution >= 0.6 is 11.6 Å². The number of carbonyl (C=O) groups is 1. The Bertz CT molecular complexity index is 1180. The van der Waals surface area contributed by atoms with E-state index in [0.29, 0.717) is 16.9 Å².